The summed E-state index contributed by atoms with van der Waals surface area (Å²) in [6.07, 6.45) is -6.51. The van der Waals surface area contributed by atoms with E-state index in [9.17, 15) is 31.5 Å². The van der Waals surface area contributed by atoms with E-state index < -0.39 is 55.2 Å². The Morgan fingerprint density at radius 2 is 2.03 bits per heavy atom. The van der Waals surface area contributed by atoms with Crippen LogP contribution in [0.3, 0.4) is 0 Å². The van der Waals surface area contributed by atoms with Gasteiger partial charge in [0.2, 0.25) is 5.91 Å². The number of hydrogen-bond donors (Lipinski definition) is 2. The fourth-order valence-electron chi connectivity index (χ4n) is 3.52. The van der Waals surface area contributed by atoms with E-state index in [0.29, 0.717) is 12.8 Å². The number of nitrogens with two attached hydrogens (primary N) is 1. The van der Waals surface area contributed by atoms with Crippen molar-refractivity contribution in [3.05, 3.63) is 23.8 Å². The van der Waals surface area contributed by atoms with Crippen molar-refractivity contribution in [2.24, 2.45) is 5.73 Å². The van der Waals surface area contributed by atoms with Crippen LogP contribution < -0.4 is 16.0 Å². The van der Waals surface area contributed by atoms with Crippen molar-refractivity contribution in [1.29, 1.82) is 0 Å². The average molecular weight is 450 g/mol. The Morgan fingerprint density at radius 1 is 1.32 bits per heavy atom. The second-order valence-corrected chi connectivity index (χ2v) is 7.43. The van der Waals surface area contributed by atoms with Crippen molar-refractivity contribution in [1.82, 2.24) is 4.90 Å². The number of ether oxygens (including phenoxy) is 1. The van der Waals surface area contributed by atoms with Crippen LogP contribution in [0.4, 0.5) is 33.3 Å². The first-order valence-corrected chi connectivity index (χ1v) is 9.74. The summed E-state index contributed by atoms with van der Waals surface area (Å²) < 4.78 is 71.2. The van der Waals surface area contributed by atoms with Gasteiger partial charge in [0.1, 0.15) is 12.6 Å². The predicted molar refractivity (Wildman–Crippen MR) is 102 cm³/mol. The number of rotatable bonds is 8. The minimum absolute atomic E-state index is 0.170. The number of anilines is 2. The van der Waals surface area contributed by atoms with Gasteiger partial charge in [-0.1, -0.05) is 0 Å². The highest BCUT2D eigenvalue weighted by molar-refractivity contribution is 5.97. The quantitative estimate of drug-likeness (QED) is 0.594. The van der Waals surface area contributed by atoms with Gasteiger partial charge in [-0.15, -0.1) is 0 Å². The van der Waals surface area contributed by atoms with Gasteiger partial charge in [0.15, 0.2) is 0 Å². The second-order valence-electron chi connectivity index (χ2n) is 7.43. The van der Waals surface area contributed by atoms with Crippen molar-refractivity contribution in [3.8, 4) is 0 Å². The highest BCUT2D eigenvalue weighted by atomic mass is 19.4. The van der Waals surface area contributed by atoms with Crippen LogP contribution in [0.25, 0.3) is 0 Å². The predicted octanol–water partition coefficient (Wildman–Crippen LogP) is 2.28. The molecule has 1 aliphatic carbocycles. The summed E-state index contributed by atoms with van der Waals surface area (Å²) in [7, 11) is 0. The Hall–Kier alpha value is -2.31. The molecule has 1 atom stereocenters. The van der Waals surface area contributed by atoms with E-state index in [1.54, 1.807) is 0 Å². The van der Waals surface area contributed by atoms with Gasteiger partial charge in [-0.05, 0) is 31.0 Å². The molecule has 0 radical (unpaired) electrons. The molecule has 31 heavy (non-hydrogen) atoms. The second kappa shape index (κ2) is 9.45. The molecule has 2 fully saturated rings. The highest BCUT2D eigenvalue weighted by Crippen LogP contribution is 2.34. The third-order valence-electron chi connectivity index (χ3n) is 5.13. The Morgan fingerprint density at radius 3 is 2.58 bits per heavy atom. The summed E-state index contributed by atoms with van der Waals surface area (Å²) in [5.41, 5.74) is 5.00. The molecule has 2 amide bonds. The van der Waals surface area contributed by atoms with Crippen molar-refractivity contribution in [2.45, 2.75) is 37.5 Å². The van der Waals surface area contributed by atoms with E-state index in [0.717, 1.165) is 11.0 Å². The lowest BCUT2D eigenvalue weighted by atomic mass is 10.1. The summed E-state index contributed by atoms with van der Waals surface area (Å²) in [6, 6.07) is 1.92. The fourth-order valence-corrected chi connectivity index (χ4v) is 3.52. The third kappa shape index (κ3) is 5.89. The molecule has 1 heterocycles. The third-order valence-corrected chi connectivity index (χ3v) is 5.13. The molecule has 172 valence electrons. The van der Waals surface area contributed by atoms with Gasteiger partial charge in [0.25, 0.3) is 12.3 Å². The molecule has 0 bridgehead atoms. The summed E-state index contributed by atoms with van der Waals surface area (Å²) in [4.78, 5) is 26.9. The van der Waals surface area contributed by atoms with Crippen molar-refractivity contribution in [3.63, 3.8) is 0 Å². The zero-order chi connectivity index (χ0) is 22.8. The number of carbonyl (C=O) groups excluding carboxylic acids is 2. The zero-order valence-corrected chi connectivity index (χ0v) is 16.5. The van der Waals surface area contributed by atoms with E-state index >= 15 is 0 Å². The molecule has 7 nitrogen and oxygen atoms in total. The molecule has 1 aromatic rings. The lowest BCUT2D eigenvalue weighted by Crippen LogP contribution is -2.52. The number of alkyl halides is 5. The number of halogens is 5. The van der Waals surface area contributed by atoms with Crippen molar-refractivity contribution < 1.29 is 36.3 Å². The Balaban J connectivity index is 1.81. The Labute approximate surface area is 175 Å². The molecule has 3 rings (SSSR count). The molecule has 0 unspecified atom stereocenters. The Kier molecular flexibility index (Phi) is 7.12. The zero-order valence-electron chi connectivity index (χ0n) is 16.5. The largest absolute Gasteiger partial charge is 0.401 e. The van der Waals surface area contributed by atoms with E-state index in [4.69, 9.17) is 10.5 Å². The summed E-state index contributed by atoms with van der Waals surface area (Å²) in [5.74, 6) is -1.28. The van der Waals surface area contributed by atoms with E-state index in [2.05, 4.69) is 5.32 Å². The van der Waals surface area contributed by atoms with Crippen LogP contribution >= 0.6 is 0 Å². The van der Waals surface area contributed by atoms with Crippen LogP contribution in [-0.4, -0.2) is 67.8 Å². The van der Waals surface area contributed by atoms with Crippen LogP contribution in [0.5, 0.6) is 0 Å². The number of nitrogens with one attached hydrogen (secondary N) is 1. The SMILES string of the molecule is NC[C@H](C(=O)Nc1ccc(N2CCOCC2=O)cc1C(F)F)N(CC(F)(F)F)C1CC1. The lowest BCUT2D eigenvalue weighted by Gasteiger charge is -2.31. The number of benzene rings is 1. The normalized spacial score (nSPS) is 18.6. The summed E-state index contributed by atoms with van der Waals surface area (Å²) in [6.45, 7) is -1.44. The van der Waals surface area contributed by atoms with Crippen molar-refractivity contribution >= 4 is 23.2 Å². The number of nitrogens with zero attached hydrogens (tertiary/aromatic N) is 2. The topological polar surface area (TPSA) is 87.9 Å². The maximum Gasteiger partial charge on any atom is 0.401 e. The Bertz CT molecular complexity index is 816. The number of hydrogen-bond acceptors (Lipinski definition) is 5. The van der Waals surface area contributed by atoms with Crippen LogP contribution in [0.1, 0.15) is 24.8 Å². The van der Waals surface area contributed by atoms with Gasteiger partial charge in [-0.2, -0.15) is 13.2 Å². The smallest absolute Gasteiger partial charge is 0.370 e. The van der Waals surface area contributed by atoms with Gasteiger partial charge in [0, 0.05) is 36.1 Å². The van der Waals surface area contributed by atoms with Crippen LogP contribution in [0.2, 0.25) is 0 Å². The monoisotopic (exact) mass is 450 g/mol. The first-order valence-electron chi connectivity index (χ1n) is 9.74. The maximum absolute atomic E-state index is 13.7. The first kappa shape index (κ1) is 23.4. The van der Waals surface area contributed by atoms with E-state index in [1.807, 2.05) is 0 Å². The summed E-state index contributed by atoms with van der Waals surface area (Å²) in [5, 5.41) is 2.30. The van der Waals surface area contributed by atoms with Gasteiger partial charge < -0.3 is 20.7 Å². The molecule has 1 aliphatic heterocycles. The van der Waals surface area contributed by atoms with Crippen LogP contribution in [0, 0.1) is 0 Å². The first-order chi connectivity index (χ1) is 14.6. The van der Waals surface area contributed by atoms with Gasteiger partial charge in [-0.3, -0.25) is 14.5 Å². The van der Waals surface area contributed by atoms with Crippen molar-refractivity contribution in [2.75, 3.05) is 43.1 Å². The minimum Gasteiger partial charge on any atom is -0.370 e. The number of amides is 2. The van der Waals surface area contributed by atoms with E-state index in [1.165, 1.54) is 17.0 Å². The van der Waals surface area contributed by atoms with Gasteiger partial charge in [-0.25, -0.2) is 8.78 Å². The fraction of sp³-hybridized carbons (Fsp3) is 0.579. The summed E-state index contributed by atoms with van der Waals surface area (Å²) >= 11 is 0. The average Bonchev–Trinajstić information content (AvgIpc) is 3.53. The molecule has 1 aromatic carbocycles. The standard InChI is InChI=1S/C19H23F5N4O3/c20-17(21)13-7-12(27-5-6-31-9-16(27)29)3-4-14(13)26-18(30)15(8-25)28(11-1-2-11)10-19(22,23)24/h3-4,7,11,15,17H,1-2,5-6,8-10,25H2,(H,26,30)/t15-/m1/s1. The van der Waals surface area contributed by atoms with Crippen LogP contribution in [0.15, 0.2) is 18.2 Å². The highest BCUT2D eigenvalue weighted by Gasteiger charge is 2.43. The molecule has 1 saturated heterocycles. The molecular weight excluding hydrogens is 427 g/mol. The molecule has 0 aromatic heterocycles. The van der Waals surface area contributed by atoms with Gasteiger partial charge >= 0.3 is 6.18 Å². The molecule has 3 N–H and O–H groups in total. The molecule has 0 spiro atoms. The lowest BCUT2D eigenvalue weighted by molar-refractivity contribution is -0.154. The minimum atomic E-state index is -4.53. The molecular formula is C19H23F5N4O3. The number of carbonyl (C=O) groups is 2. The molecule has 2 aliphatic rings. The molecule has 1 saturated carbocycles. The van der Waals surface area contributed by atoms with Gasteiger partial charge in [0.05, 0.1) is 13.2 Å². The van der Waals surface area contributed by atoms with Crippen LogP contribution in [-0.2, 0) is 14.3 Å². The van der Waals surface area contributed by atoms with E-state index in [-0.39, 0.29) is 31.1 Å². The maximum atomic E-state index is 13.7. The molecule has 12 heteroatoms. The number of morpholine rings is 1.